The SMILES string of the molecule is C=CC(=O)OCCCC1CCC(C(=O)Oc2ccc(OC(=O)C3CCC(CCCOC(=O)C=C)CC3)c(C(F)(F)F)c2C(F)(F)F)CC1. The highest BCUT2D eigenvalue weighted by Gasteiger charge is 2.49. The maximum Gasteiger partial charge on any atom is 0.420 e. The first-order valence-electron chi connectivity index (χ1n) is 16.0. The van der Waals surface area contributed by atoms with Gasteiger partial charge < -0.3 is 18.9 Å². The summed E-state index contributed by atoms with van der Waals surface area (Å²) >= 11 is 0. The minimum absolute atomic E-state index is 0.178. The van der Waals surface area contributed by atoms with Gasteiger partial charge in [-0.15, -0.1) is 0 Å². The minimum Gasteiger partial charge on any atom is -0.463 e. The van der Waals surface area contributed by atoms with Gasteiger partial charge in [0.1, 0.15) is 22.6 Å². The second-order valence-corrected chi connectivity index (χ2v) is 12.1. The fraction of sp³-hybridized carbons (Fsp3) is 0.588. The Bertz CT molecular complexity index is 1210. The van der Waals surface area contributed by atoms with Gasteiger partial charge in [0.2, 0.25) is 0 Å². The highest BCUT2D eigenvalue weighted by Crippen LogP contribution is 2.50. The van der Waals surface area contributed by atoms with Gasteiger partial charge in [0.15, 0.2) is 0 Å². The Hall–Kier alpha value is -3.84. The molecule has 0 aromatic heterocycles. The molecule has 48 heavy (non-hydrogen) atoms. The van der Waals surface area contributed by atoms with E-state index >= 15 is 0 Å². The first kappa shape index (κ1) is 38.6. The lowest BCUT2D eigenvalue weighted by atomic mass is 9.80. The zero-order valence-electron chi connectivity index (χ0n) is 26.5. The van der Waals surface area contributed by atoms with Gasteiger partial charge in [-0.2, -0.15) is 26.3 Å². The van der Waals surface area contributed by atoms with Crippen molar-refractivity contribution in [3.8, 4) is 11.5 Å². The molecule has 0 amide bonds. The largest absolute Gasteiger partial charge is 0.463 e. The third kappa shape index (κ3) is 11.4. The van der Waals surface area contributed by atoms with E-state index in [0.29, 0.717) is 63.5 Å². The Morgan fingerprint density at radius 3 is 1.25 bits per heavy atom. The molecule has 2 aliphatic rings. The van der Waals surface area contributed by atoms with Gasteiger partial charge in [0, 0.05) is 12.2 Å². The van der Waals surface area contributed by atoms with Crippen LogP contribution in [0, 0.1) is 23.7 Å². The van der Waals surface area contributed by atoms with Crippen LogP contribution in [0.25, 0.3) is 0 Å². The van der Waals surface area contributed by atoms with Gasteiger partial charge in [-0.1, -0.05) is 13.2 Å². The van der Waals surface area contributed by atoms with E-state index in [9.17, 15) is 45.5 Å². The lowest BCUT2D eigenvalue weighted by Gasteiger charge is -2.28. The summed E-state index contributed by atoms with van der Waals surface area (Å²) in [6.45, 7) is 6.99. The molecule has 1 aromatic rings. The monoisotopic (exact) mass is 690 g/mol. The molecule has 1 aromatic carbocycles. The molecule has 266 valence electrons. The van der Waals surface area contributed by atoms with Gasteiger partial charge in [-0.05, 0) is 101 Å². The van der Waals surface area contributed by atoms with Gasteiger partial charge in [0.25, 0.3) is 0 Å². The van der Waals surface area contributed by atoms with Crippen molar-refractivity contribution in [1.29, 1.82) is 0 Å². The zero-order valence-corrected chi connectivity index (χ0v) is 26.5. The van der Waals surface area contributed by atoms with Crippen molar-refractivity contribution in [2.45, 2.75) is 89.4 Å². The van der Waals surface area contributed by atoms with Crippen molar-refractivity contribution in [2.75, 3.05) is 13.2 Å². The van der Waals surface area contributed by atoms with Crippen LogP contribution in [-0.4, -0.2) is 37.1 Å². The molecule has 0 saturated heterocycles. The number of halogens is 6. The third-order valence-electron chi connectivity index (χ3n) is 8.81. The molecule has 0 radical (unpaired) electrons. The van der Waals surface area contributed by atoms with E-state index < -0.39 is 70.7 Å². The zero-order chi connectivity index (χ0) is 35.5. The highest BCUT2D eigenvalue weighted by molar-refractivity contribution is 5.81. The first-order valence-corrected chi connectivity index (χ1v) is 16.0. The molecule has 2 aliphatic carbocycles. The van der Waals surface area contributed by atoms with Gasteiger partial charge >= 0.3 is 36.2 Å². The molecule has 14 heteroatoms. The molecule has 0 atom stereocenters. The molecule has 0 heterocycles. The van der Waals surface area contributed by atoms with Gasteiger partial charge in [-0.25, -0.2) is 9.59 Å². The van der Waals surface area contributed by atoms with E-state index in [1.165, 1.54) is 0 Å². The number of hydrogen-bond acceptors (Lipinski definition) is 8. The molecule has 2 fully saturated rings. The average molecular weight is 691 g/mol. The molecule has 0 bridgehead atoms. The van der Waals surface area contributed by atoms with E-state index in [4.69, 9.17) is 18.9 Å². The summed E-state index contributed by atoms with van der Waals surface area (Å²) in [5.41, 5.74) is -4.48. The van der Waals surface area contributed by atoms with Crippen molar-refractivity contribution in [2.24, 2.45) is 23.7 Å². The van der Waals surface area contributed by atoms with Crippen LogP contribution in [0.15, 0.2) is 37.4 Å². The number of esters is 4. The quantitative estimate of drug-likeness (QED) is 0.0633. The van der Waals surface area contributed by atoms with E-state index in [1.807, 2.05) is 0 Å². The van der Waals surface area contributed by atoms with Crippen molar-refractivity contribution in [3.63, 3.8) is 0 Å². The van der Waals surface area contributed by atoms with Crippen molar-refractivity contribution < 1.29 is 64.5 Å². The van der Waals surface area contributed by atoms with Crippen LogP contribution in [0.3, 0.4) is 0 Å². The highest BCUT2D eigenvalue weighted by atomic mass is 19.4. The number of carbonyl (C=O) groups excluding carboxylic acids is 4. The maximum absolute atomic E-state index is 14.2. The van der Waals surface area contributed by atoms with Crippen LogP contribution in [0.2, 0.25) is 0 Å². The standard InChI is InChI=1S/C34H40F6O8/c1-3-27(41)45-19-5-7-21-9-13-23(14-10-21)31(43)47-25-17-18-26(30(34(38,39)40)29(25)33(35,36)37)48-32(44)24-15-11-22(12-16-24)8-6-20-46-28(42)4-2/h3-4,17-18,21-24H,1-2,5-16,19-20H2. The Morgan fingerprint density at radius 1 is 0.625 bits per heavy atom. The number of ether oxygens (including phenoxy) is 4. The summed E-state index contributed by atoms with van der Waals surface area (Å²) in [6, 6.07) is 1.15. The predicted octanol–water partition coefficient (Wildman–Crippen LogP) is 8.17. The summed E-state index contributed by atoms with van der Waals surface area (Å²) in [7, 11) is 0. The van der Waals surface area contributed by atoms with Crippen molar-refractivity contribution in [1.82, 2.24) is 0 Å². The summed E-state index contributed by atoms with van der Waals surface area (Å²) < 4.78 is 105. The molecule has 0 spiro atoms. The summed E-state index contributed by atoms with van der Waals surface area (Å²) in [5.74, 6) is -7.15. The minimum atomic E-state index is -5.60. The molecule has 2 saturated carbocycles. The molecule has 0 N–H and O–H groups in total. The molecule has 8 nitrogen and oxygen atoms in total. The number of rotatable bonds is 14. The summed E-state index contributed by atoms with van der Waals surface area (Å²) in [4.78, 5) is 48.0. The van der Waals surface area contributed by atoms with Gasteiger partial charge in [0.05, 0.1) is 25.0 Å². The fourth-order valence-electron chi connectivity index (χ4n) is 6.26. The molecule has 0 unspecified atom stereocenters. The maximum atomic E-state index is 14.2. The number of carbonyl (C=O) groups is 4. The van der Waals surface area contributed by atoms with Crippen molar-refractivity contribution >= 4 is 23.9 Å². The number of benzene rings is 1. The average Bonchev–Trinajstić information content (AvgIpc) is 3.04. The van der Waals surface area contributed by atoms with Gasteiger partial charge in [-0.3, -0.25) is 9.59 Å². The Labute approximate surface area is 274 Å². The molecular formula is C34H40F6O8. The molecule has 3 rings (SSSR count). The molecular weight excluding hydrogens is 650 g/mol. The summed E-state index contributed by atoms with van der Waals surface area (Å²) in [5, 5.41) is 0. The van der Waals surface area contributed by atoms with Crippen LogP contribution in [0.5, 0.6) is 11.5 Å². The van der Waals surface area contributed by atoms with E-state index in [-0.39, 0.29) is 50.7 Å². The van der Waals surface area contributed by atoms with Crippen molar-refractivity contribution in [3.05, 3.63) is 48.6 Å². The van der Waals surface area contributed by atoms with Crippen LogP contribution in [-0.2, 0) is 41.0 Å². The number of hydrogen-bond donors (Lipinski definition) is 0. The second-order valence-electron chi connectivity index (χ2n) is 12.1. The third-order valence-corrected chi connectivity index (χ3v) is 8.81. The Balaban J connectivity index is 1.64. The Morgan fingerprint density at radius 2 is 0.958 bits per heavy atom. The van der Waals surface area contributed by atoms with Crippen LogP contribution >= 0.6 is 0 Å². The fourth-order valence-corrected chi connectivity index (χ4v) is 6.26. The lowest BCUT2D eigenvalue weighted by Crippen LogP contribution is -2.29. The van der Waals surface area contributed by atoms with E-state index in [1.54, 1.807) is 0 Å². The first-order chi connectivity index (χ1) is 22.6. The van der Waals surface area contributed by atoms with Crippen LogP contribution < -0.4 is 9.47 Å². The normalized spacial score (nSPS) is 21.5. The summed E-state index contributed by atoms with van der Waals surface area (Å²) in [6.07, 6.45) is -3.36. The lowest BCUT2D eigenvalue weighted by molar-refractivity contribution is -0.166. The Kier molecular flexibility index (Phi) is 14.1. The topological polar surface area (TPSA) is 105 Å². The van der Waals surface area contributed by atoms with Crippen LogP contribution in [0.4, 0.5) is 26.3 Å². The molecule has 0 aliphatic heterocycles. The smallest absolute Gasteiger partial charge is 0.420 e. The second kappa shape index (κ2) is 17.5. The van der Waals surface area contributed by atoms with Crippen LogP contribution in [0.1, 0.15) is 88.2 Å². The number of alkyl halides is 6. The predicted molar refractivity (Wildman–Crippen MR) is 159 cm³/mol. The van der Waals surface area contributed by atoms with E-state index in [2.05, 4.69) is 13.2 Å². The van der Waals surface area contributed by atoms with E-state index in [0.717, 1.165) is 12.2 Å².